The van der Waals surface area contributed by atoms with E-state index in [2.05, 4.69) is 9.97 Å². The number of hydrogen-bond donors (Lipinski definition) is 2. The van der Waals surface area contributed by atoms with Gasteiger partial charge in [-0.2, -0.15) is 0 Å². The smallest absolute Gasteiger partial charge is 0.292 e. The Balaban J connectivity index is 0. The molecule has 3 aromatic rings. The molecule has 1 unspecified atom stereocenters. The maximum atomic E-state index is 12.0. The SMILES string of the molecule is Cl.Cl.NC1c2ccc(Cl)cc2-c2[nH]c(=O)c3nccn3c21.O.O.O. The molecule has 134 valence electrons. The lowest BCUT2D eigenvalue weighted by molar-refractivity contribution is 0.823. The van der Waals surface area contributed by atoms with Crippen LogP contribution in [0.2, 0.25) is 5.02 Å². The van der Waals surface area contributed by atoms with Crippen LogP contribution in [0.3, 0.4) is 0 Å². The Morgan fingerprint density at radius 3 is 2.54 bits per heavy atom. The van der Waals surface area contributed by atoms with Gasteiger partial charge < -0.3 is 27.1 Å². The van der Waals surface area contributed by atoms with Crippen molar-refractivity contribution in [2.45, 2.75) is 6.04 Å². The summed E-state index contributed by atoms with van der Waals surface area (Å²) >= 11 is 6.02. The molecule has 0 amide bonds. The van der Waals surface area contributed by atoms with Crippen molar-refractivity contribution in [2.24, 2.45) is 5.73 Å². The van der Waals surface area contributed by atoms with Crippen LogP contribution >= 0.6 is 36.4 Å². The van der Waals surface area contributed by atoms with E-state index >= 15 is 0 Å². The fourth-order valence-corrected chi connectivity index (χ4v) is 2.87. The minimum Gasteiger partial charge on any atom is -0.412 e. The molecule has 11 heteroatoms. The molecule has 0 radical (unpaired) electrons. The van der Waals surface area contributed by atoms with Crippen LogP contribution in [0.5, 0.6) is 0 Å². The Morgan fingerprint density at radius 2 is 1.88 bits per heavy atom. The Morgan fingerprint density at radius 1 is 1.21 bits per heavy atom. The molecule has 2 heterocycles. The summed E-state index contributed by atoms with van der Waals surface area (Å²) in [5.74, 6) is 0. The van der Waals surface area contributed by atoms with Gasteiger partial charge in [0.1, 0.15) is 0 Å². The van der Waals surface area contributed by atoms with Crippen molar-refractivity contribution >= 4 is 42.1 Å². The van der Waals surface area contributed by atoms with Gasteiger partial charge >= 0.3 is 0 Å². The number of nitrogens with one attached hydrogen (secondary N) is 1. The monoisotopic (exact) mass is 398 g/mol. The number of halogens is 3. The van der Waals surface area contributed by atoms with Crippen molar-refractivity contribution < 1.29 is 16.4 Å². The van der Waals surface area contributed by atoms with Gasteiger partial charge in [0.25, 0.3) is 5.56 Å². The Kier molecular flexibility index (Phi) is 8.66. The first-order valence-electron chi connectivity index (χ1n) is 5.81. The van der Waals surface area contributed by atoms with Crippen molar-refractivity contribution in [2.75, 3.05) is 0 Å². The van der Waals surface area contributed by atoms with E-state index in [1.165, 1.54) is 0 Å². The first-order chi connectivity index (χ1) is 9.16. The number of benzene rings is 1. The number of H-pyrrole nitrogens is 1. The van der Waals surface area contributed by atoms with Crippen LogP contribution in [0, 0.1) is 0 Å². The summed E-state index contributed by atoms with van der Waals surface area (Å²) in [6, 6.07) is 5.22. The second-order valence-electron chi connectivity index (χ2n) is 4.54. The van der Waals surface area contributed by atoms with Gasteiger partial charge in [-0.05, 0) is 17.7 Å². The predicted molar refractivity (Wildman–Crippen MR) is 97.6 cm³/mol. The van der Waals surface area contributed by atoms with E-state index in [1.807, 2.05) is 12.1 Å². The number of fused-ring (bicyclic) bond motifs is 5. The van der Waals surface area contributed by atoms with Crippen molar-refractivity contribution in [3.8, 4) is 11.3 Å². The minimum absolute atomic E-state index is 0. The van der Waals surface area contributed by atoms with E-state index in [0.29, 0.717) is 10.7 Å². The van der Waals surface area contributed by atoms with Crippen LogP contribution in [-0.4, -0.2) is 30.8 Å². The van der Waals surface area contributed by atoms with Crippen LogP contribution in [0.4, 0.5) is 0 Å². The summed E-state index contributed by atoms with van der Waals surface area (Å²) in [5, 5.41) is 0.616. The topological polar surface area (TPSA) is 171 Å². The number of hydrogen-bond acceptors (Lipinski definition) is 3. The maximum absolute atomic E-state index is 12.0. The van der Waals surface area contributed by atoms with Crippen LogP contribution in [0.1, 0.15) is 17.3 Å². The summed E-state index contributed by atoms with van der Waals surface area (Å²) in [5.41, 5.74) is 9.78. The summed E-state index contributed by atoms with van der Waals surface area (Å²) < 4.78 is 1.74. The van der Waals surface area contributed by atoms with E-state index < -0.39 is 0 Å². The summed E-state index contributed by atoms with van der Waals surface area (Å²) in [6.45, 7) is 0. The highest BCUT2D eigenvalue weighted by Crippen LogP contribution is 2.41. The molecular formula is C13H17Cl3N4O4. The molecule has 4 rings (SSSR count). The van der Waals surface area contributed by atoms with Crippen LogP contribution < -0.4 is 11.3 Å². The lowest BCUT2D eigenvalue weighted by Gasteiger charge is -2.08. The van der Waals surface area contributed by atoms with E-state index in [9.17, 15) is 4.79 Å². The largest absolute Gasteiger partial charge is 0.412 e. The van der Waals surface area contributed by atoms with E-state index in [4.69, 9.17) is 17.3 Å². The second-order valence-corrected chi connectivity index (χ2v) is 4.98. The molecule has 1 atom stereocenters. The molecule has 2 aromatic heterocycles. The number of nitrogens with zero attached hydrogens (tertiary/aromatic N) is 2. The lowest BCUT2D eigenvalue weighted by atomic mass is 10.1. The molecule has 0 fully saturated rings. The zero-order valence-corrected chi connectivity index (χ0v) is 14.4. The third-order valence-corrected chi connectivity index (χ3v) is 3.75. The minimum atomic E-state index is -0.296. The Hall–Kier alpha value is -1.65. The van der Waals surface area contributed by atoms with E-state index in [1.54, 1.807) is 22.9 Å². The van der Waals surface area contributed by atoms with E-state index in [0.717, 1.165) is 22.5 Å². The third-order valence-electron chi connectivity index (χ3n) is 3.51. The van der Waals surface area contributed by atoms with Crippen molar-refractivity contribution in [1.29, 1.82) is 0 Å². The summed E-state index contributed by atoms with van der Waals surface area (Å²) in [6.07, 6.45) is 3.34. The van der Waals surface area contributed by atoms with Gasteiger partial charge in [-0.1, -0.05) is 17.7 Å². The van der Waals surface area contributed by atoms with Gasteiger partial charge in [-0.3, -0.25) is 9.20 Å². The number of aromatic amines is 1. The zero-order chi connectivity index (χ0) is 13.1. The molecule has 1 aromatic carbocycles. The molecule has 0 saturated heterocycles. The molecule has 24 heavy (non-hydrogen) atoms. The van der Waals surface area contributed by atoms with Gasteiger partial charge in [0.2, 0.25) is 5.65 Å². The first kappa shape index (κ1) is 24.6. The average molecular weight is 400 g/mol. The van der Waals surface area contributed by atoms with E-state index in [-0.39, 0.29) is 52.8 Å². The molecule has 1 aliphatic rings. The standard InChI is InChI=1S/C13H9ClN4O.2ClH.3H2O/c14-6-1-2-7-8(5-6)10-11(9(7)15)18-4-3-16-12(18)13(19)17-10;;;;;/h1-5,9H,15H2,(H,17,19);2*1H;3*1H2. The molecule has 9 N–H and O–H groups in total. The zero-order valence-electron chi connectivity index (χ0n) is 12.0. The first-order valence-corrected chi connectivity index (χ1v) is 6.19. The third kappa shape index (κ3) is 3.13. The number of rotatable bonds is 0. The van der Waals surface area contributed by atoms with Gasteiger partial charge in [0.15, 0.2) is 0 Å². The molecule has 0 aliphatic heterocycles. The summed E-state index contributed by atoms with van der Waals surface area (Å²) in [4.78, 5) is 18.9. The van der Waals surface area contributed by atoms with Gasteiger partial charge in [0, 0.05) is 23.0 Å². The fourth-order valence-electron chi connectivity index (χ4n) is 2.69. The fraction of sp³-hybridized carbons (Fsp3) is 0.0769. The Bertz CT molecular complexity index is 897. The van der Waals surface area contributed by atoms with Crippen molar-refractivity contribution in [1.82, 2.24) is 14.4 Å². The molecule has 1 aliphatic carbocycles. The molecule has 8 nitrogen and oxygen atoms in total. The van der Waals surface area contributed by atoms with Gasteiger partial charge in [-0.25, -0.2) is 4.98 Å². The van der Waals surface area contributed by atoms with Crippen molar-refractivity contribution in [3.05, 3.63) is 57.2 Å². The predicted octanol–water partition coefficient (Wildman–Crippen LogP) is 0.0740. The molecule has 0 saturated carbocycles. The van der Waals surface area contributed by atoms with Crippen LogP contribution in [0.25, 0.3) is 16.9 Å². The highest BCUT2D eigenvalue weighted by molar-refractivity contribution is 6.31. The molecular weight excluding hydrogens is 383 g/mol. The maximum Gasteiger partial charge on any atom is 0.292 e. The highest BCUT2D eigenvalue weighted by atomic mass is 35.5. The quantitative estimate of drug-likeness (QED) is 0.546. The second kappa shape index (κ2) is 8.45. The van der Waals surface area contributed by atoms with Gasteiger partial charge in [-0.15, -0.1) is 24.8 Å². The molecule has 0 bridgehead atoms. The number of aromatic nitrogens is 3. The van der Waals surface area contributed by atoms with Gasteiger partial charge in [0.05, 0.1) is 17.4 Å². The average Bonchev–Trinajstić information content (AvgIpc) is 2.95. The summed E-state index contributed by atoms with van der Waals surface area (Å²) in [7, 11) is 0. The van der Waals surface area contributed by atoms with Crippen LogP contribution in [-0.2, 0) is 0 Å². The molecule has 0 spiro atoms. The van der Waals surface area contributed by atoms with Crippen molar-refractivity contribution in [3.63, 3.8) is 0 Å². The Labute approximate surface area is 153 Å². The number of nitrogens with two attached hydrogens (primary N) is 1. The number of imidazole rings is 1. The highest BCUT2D eigenvalue weighted by Gasteiger charge is 2.30. The van der Waals surface area contributed by atoms with Crippen LogP contribution in [0.15, 0.2) is 35.4 Å². The normalized spacial score (nSPS) is 13.2. The lowest BCUT2D eigenvalue weighted by Crippen LogP contribution is -2.18.